The lowest BCUT2D eigenvalue weighted by molar-refractivity contribution is -0.107. The van der Waals surface area contributed by atoms with Gasteiger partial charge in [-0.15, -0.1) is 0 Å². The predicted molar refractivity (Wildman–Crippen MR) is 225 cm³/mol. The number of anilines is 2. The number of hydrogen-bond donors (Lipinski definition) is 1. The summed E-state index contributed by atoms with van der Waals surface area (Å²) in [7, 11) is 3.52. The normalized spacial score (nSPS) is 13.7. The van der Waals surface area contributed by atoms with Crippen molar-refractivity contribution in [1.29, 1.82) is 0 Å². The molecule has 0 spiro atoms. The Bertz CT molecular complexity index is 2890. The number of aromatic nitrogens is 2. The Morgan fingerprint density at radius 2 is 1.20 bits per heavy atom. The molecule has 9 rings (SSSR count). The molecule has 0 atom stereocenters. The number of rotatable bonds is 9. The van der Waals surface area contributed by atoms with Crippen molar-refractivity contribution in [2.45, 2.75) is 5.41 Å². The van der Waals surface area contributed by atoms with E-state index < -0.39 is 23.5 Å². The zero-order chi connectivity index (χ0) is 41.7. The second-order valence-electron chi connectivity index (χ2n) is 13.5. The molecule has 1 aliphatic rings. The van der Waals surface area contributed by atoms with Gasteiger partial charge in [0.2, 0.25) is 6.41 Å². The Morgan fingerprint density at radius 1 is 0.600 bits per heavy atom. The molecule has 0 aliphatic heterocycles. The lowest BCUT2D eigenvalue weighted by atomic mass is 9.67. The smallest absolute Gasteiger partial charge is 0.213 e. The second-order valence-corrected chi connectivity index (χ2v) is 13.5. The Kier molecular flexibility index (Phi) is 7.25. The van der Waals surface area contributed by atoms with E-state index in [1.54, 1.807) is 7.05 Å². The zero-order valence-corrected chi connectivity index (χ0v) is 30.3. The fourth-order valence-electron chi connectivity index (χ4n) is 8.03. The quantitative estimate of drug-likeness (QED) is 0.151. The maximum atomic E-state index is 11.5. The summed E-state index contributed by atoms with van der Waals surface area (Å²) in [6.45, 7) is 0. The van der Waals surface area contributed by atoms with Crippen molar-refractivity contribution in [3.05, 3.63) is 204 Å². The maximum absolute atomic E-state index is 11.5. The first-order chi connectivity index (χ1) is 29.2. The molecular formula is C50H38N4O. The van der Waals surface area contributed by atoms with Gasteiger partial charge in [-0.3, -0.25) is 4.79 Å². The Hall–Kier alpha value is -7.11. The summed E-state index contributed by atoms with van der Waals surface area (Å²) in [6, 6.07) is 49.2. The average molecular weight is 716 g/mol. The van der Waals surface area contributed by atoms with E-state index in [0.717, 1.165) is 73.4 Å². The molecule has 1 aliphatic carbocycles. The lowest BCUT2D eigenvalue weighted by Gasteiger charge is -2.33. The van der Waals surface area contributed by atoms with Gasteiger partial charge >= 0.3 is 0 Å². The Labute approximate surface area is 328 Å². The van der Waals surface area contributed by atoms with E-state index in [0.29, 0.717) is 11.4 Å². The molecule has 7 aromatic carbocycles. The van der Waals surface area contributed by atoms with Gasteiger partial charge in [-0.25, -0.2) is 9.97 Å². The highest BCUT2D eigenvalue weighted by molar-refractivity contribution is 5.95. The van der Waals surface area contributed by atoms with E-state index in [9.17, 15) is 4.79 Å². The van der Waals surface area contributed by atoms with Gasteiger partial charge in [0.1, 0.15) is 0 Å². The summed E-state index contributed by atoms with van der Waals surface area (Å²) < 4.78 is 43.1. The van der Waals surface area contributed by atoms with Crippen LogP contribution in [0.4, 0.5) is 11.4 Å². The third-order valence-corrected chi connectivity index (χ3v) is 10.5. The molecule has 0 radical (unpaired) electrons. The van der Waals surface area contributed by atoms with Gasteiger partial charge in [-0.2, -0.15) is 0 Å². The van der Waals surface area contributed by atoms with Crippen LogP contribution in [-0.4, -0.2) is 30.5 Å². The van der Waals surface area contributed by atoms with Crippen LogP contribution in [0, 0.1) is 0 Å². The highest BCUT2D eigenvalue weighted by atomic mass is 16.1. The summed E-state index contributed by atoms with van der Waals surface area (Å²) >= 11 is 0. The molecule has 0 unspecified atom stereocenters. The van der Waals surface area contributed by atoms with Gasteiger partial charge in [-0.05, 0) is 62.7 Å². The highest BCUT2D eigenvalue weighted by Gasteiger charge is 2.46. The molecule has 8 aromatic rings. The van der Waals surface area contributed by atoms with Crippen molar-refractivity contribution in [2.24, 2.45) is 0 Å². The standard InChI is InChI=1S/C50H38N4O/c1-51-46-31-37(29-30-47(46)54(2)33-55)34-25-27-35(28-26-34)44-32-45(53-49(52-44)36-15-6-3-7-16-36)41-22-14-24-43-48(41)40-21-12-13-23-42(40)50(43,38-17-8-4-9-18-38)39-19-10-5-11-20-39/h3-33,51H,1-2H3/i3D,6D,7D,15D,16D. The monoisotopic (exact) mass is 715 g/mol. The van der Waals surface area contributed by atoms with Gasteiger partial charge in [0.05, 0.1) is 35.0 Å². The fraction of sp³-hybridized carbons (Fsp3) is 0.0600. The van der Waals surface area contributed by atoms with E-state index >= 15 is 0 Å². The van der Waals surface area contributed by atoms with Crippen LogP contribution in [0.2, 0.25) is 0 Å². The van der Waals surface area contributed by atoms with Gasteiger partial charge in [0, 0.05) is 30.8 Å². The molecule has 1 N–H and O–H groups in total. The van der Waals surface area contributed by atoms with Crippen molar-refractivity contribution < 1.29 is 11.6 Å². The van der Waals surface area contributed by atoms with Crippen LogP contribution in [0.25, 0.3) is 56.2 Å². The van der Waals surface area contributed by atoms with Crippen LogP contribution < -0.4 is 10.2 Å². The molecule has 55 heavy (non-hydrogen) atoms. The van der Waals surface area contributed by atoms with Crippen molar-refractivity contribution >= 4 is 17.8 Å². The number of nitrogens with zero attached hydrogens (tertiary/aromatic N) is 3. The lowest BCUT2D eigenvalue weighted by Crippen LogP contribution is -2.28. The summed E-state index contributed by atoms with van der Waals surface area (Å²) in [5.41, 5.74) is 11.8. The van der Waals surface area contributed by atoms with Crippen LogP contribution in [0.5, 0.6) is 0 Å². The molecule has 0 fully saturated rings. The summed E-state index contributed by atoms with van der Waals surface area (Å²) in [5, 5.41) is 3.18. The third-order valence-electron chi connectivity index (χ3n) is 10.5. The number of carbonyl (C=O) groups excluding carboxylic acids is 1. The van der Waals surface area contributed by atoms with Crippen LogP contribution in [0.1, 0.15) is 29.1 Å². The van der Waals surface area contributed by atoms with E-state index in [2.05, 4.69) is 78.1 Å². The van der Waals surface area contributed by atoms with Crippen LogP contribution in [0.15, 0.2) is 182 Å². The van der Waals surface area contributed by atoms with Crippen LogP contribution >= 0.6 is 0 Å². The molecule has 5 nitrogen and oxygen atoms in total. The van der Waals surface area contributed by atoms with Gasteiger partial charge in [0.15, 0.2) is 5.82 Å². The van der Waals surface area contributed by atoms with Crippen molar-refractivity contribution in [3.63, 3.8) is 0 Å². The number of nitrogens with one attached hydrogen (secondary N) is 1. The molecule has 5 heteroatoms. The predicted octanol–water partition coefficient (Wildman–Crippen LogP) is 11.1. The van der Waals surface area contributed by atoms with E-state index in [-0.39, 0.29) is 23.5 Å². The fourth-order valence-corrected chi connectivity index (χ4v) is 8.03. The number of benzene rings is 7. The van der Waals surface area contributed by atoms with Gasteiger partial charge in [0.25, 0.3) is 0 Å². The van der Waals surface area contributed by atoms with Crippen LogP contribution in [0.3, 0.4) is 0 Å². The topological polar surface area (TPSA) is 58.1 Å². The van der Waals surface area contributed by atoms with Crippen molar-refractivity contribution in [2.75, 3.05) is 24.3 Å². The molecule has 0 saturated carbocycles. The maximum Gasteiger partial charge on any atom is 0.213 e. The minimum absolute atomic E-state index is 0.0263. The molecular weight excluding hydrogens is 673 g/mol. The molecule has 0 saturated heterocycles. The molecule has 1 amide bonds. The van der Waals surface area contributed by atoms with E-state index in [1.807, 2.05) is 85.9 Å². The molecule has 1 heterocycles. The number of carbonyl (C=O) groups is 1. The minimum atomic E-state index is -0.653. The first kappa shape index (κ1) is 28.4. The van der Waals surface area contributed by atoms with Crippen molar-refractivity contribution in [1.82, 2.24) is 9.97 Å². The van der Waals surface area contributed by atoms with Crippen LogP contribution in [-0.2, 0) is 10.2 Å². The number of amides is 1. The van der Waals surface area contributed by atoms with Crippen molar-refractivity contribution in [3.8, 4) is 56.2 Å². The van der Waals surface area contributed by atoms with Gasteiger partial charge < -0.3 is 10.2 Å². The summed E-state index contributed by atoms with van der Waals surface area (Å²) in [6.07, 6.45) is 0.768. The first-order valence-electron chi connectivity index (χ1n) is 20.6. The highest BCUT2D eigenvalue weighted by Crippen LogP contribution is 2.58. The van der Waals surface area contributed by atoms with E-state index in [4.69, 9.17) is 16.8 Å². The summed E-state index contributed by atoms with van der Waals surface area (Å²) in [4.78, 5) is 23.0. The molecule has 264 valence electrons. The van der Waals surface area contributed by atoms with Gasteiger partial charge in [-0.1, -0.05) is 164 Å². The molecule has 1 aromatic heterocycles. The molecule has 0 bridgehead atoms. The first-order valence-corrected chi connectivity index (χ1v) is 18.1. The average Bonchev–Trinajstić information content (AvgIpc) is 3.61. The largest absolute Gasteiger partial charge is 0.386 e. The summed E-state index contributed by atoms with van der Waals surface area (Å²) in [5.74, 6) is 0.0263. The zero-order valence-electron chi connectivity index (χ0n) is 35.3. The van der Waals surface area contributed by atoms with E-state index in [1.165, 1.54) is 4.90 Å². The Morgan fingerprint density at radius 3 is 1.89 bits per heavy atom. The SMILES string of the molecule is [2H]c1c([2H])c([2H])c(-c2nc(-c3ccc(-c4ccc(N(C)C=O)c(NC)c4)cc3)cc(-c3cccc4c3-c3ccccc3C4(c3ccccc3)c3ccccc3)n2)c([2H])c1[2H]. The second kappa shape index (κ2) is 14.0. The third kappa shape index (κ3) is 5.69. The minimum Gasteiger partial charge on any atom is -0.386 e. The number of fused-ring (bicyclic) bond motifs is 3. The number of hydrogen-bond acceptors (Lipinski definition) is 4. The Balaban J connectivity index is 1.28.